The van der Waals surface area contributed by atoms with Crippen molar-refractivity contribution in [2.75, 3.05) is 17.2 Å². The third-order valence-corrected chi connectivity index (χ3v) is 5.48. The molecule has 3 aromatic rings. The number of hydrogen-bond donors (Lipinski definition) is 3. The standard InChI is InChI=1S/C11H13N.2C7H9N.2C6H10/c1-3-9(4-2)10-5-7-11(12)8-6-10;2*1-6-2-4-7(8)5-3-6;2*1-4-6(3)5-2/h3-8H,1,12H2,2H3;2*2-5H,8H2,1H3;2*4-5H,1H2,2-3H3/b9-4+;;;2*6-5-. The van der Waals surface area contributed by atoms with Crippen molar-refractivity contribution in [3.63, 3.8) is 0 Å². The van der Waals surface area contributed by atoms with Gasteiger partial charge in [-0.15, -0.1) is 0 Å². The molecule has 0 aromatic heterocycles. The lowest BCUT2D eigenvalue weighted by atomic mass is 10.1. The summed E-state index contributed by atoms with van der Waals surface area (Å²) in [6.45, 7) is 25.0. The molecule has 40 heavy (non-hydrogen) atoms. The number of anilines is 3. The van der Waals surface area contributed by atoms with Crippen LogP contribution in [-0.4, -0.2) is 0 Å². The normalized spacial score (nSPS) is 10.4. The van der Waals surface area contributed by atoms with Crippen molar-refractivity contribution in [2.24, 2.45) is 0 Å². The minimum atomic E-state index is 0.790. The van der Waals surface area contributed by atoms with Gasteiger partial charge in [-0.2, -0.15) is 0 Å². The van der Waals surface area contributed by atoms with Gasteiger partial charge in [0.15, 0.2) is 0 Å². The number of nitrogens with two attached hydrogens (primary N) is 3. The monoisotopic (exact) mass is 537 g/mol. The zero-order valence-corrected chi connectivity index (χ0v) is 25.7. The molecule has 0 aliphatic heterocycles. The first-order valence-corrected chi connectivity index (χ1v) is 13.3. The van der Waals surface area contributed by atoms with Gasteiger partial charge in [0.05, 0.1) is 0 Å². The van der Waals surface area contributed by atoms with Crippen molar-refractivity contribution < 1.29 is 0 Å². The van der Waals surface area contributed by atoms with Crippen LogP contribution >= 0.6 is 0 Å². The second kappa shape index (κ2) is 23.6. The van der Waals surface area contributed by atoms with Gasteiger partial charge in [-0.1, -0.05) is 115 Å². The fourth-order valence-corrected chi connectivity index (χ4v) is 2.45. The molecule has 3 aromatic carbocycles. The van der Waals surface area contributed by atoms with E-state index in [2.05, 4.69) is 19.7 Å². The Kier molecular flexibility index (Phi) is 22.2. The first-order chi connectivity index (χ1) is 19.0. The van der Waals surface area contributed by atoms with Crippen LogP contribution in [0.5, 0.6) is 0 Å². The lowest BCUT2D eigenvalue weighted by Crippen LogP contribution is -1.85. The zero-order chi connectivity index (χ0) is 30.9. The van der Waals surface area contributed by atoms with Gasteiger partial charge in [-0.25, -0.2) is 0 Å². The van der Waals surface area contributed by atoms with E-state index in [1.807, 2.05) is 158 Å². The highest BCUT2D eigenvalue weighted by Crippen LogP contribution is 2.16. The Labute approximate surface area is 244 Å². The van der Waals surface area contributed by atoms with Crippen molar-refractivity contribution in [3.8, 4) is 0 Å². The van der Waals surface area contributed by atoms with Gasteiger partial charge in [0.2, 0.25) is 0 Å². The molecule has 0 heterocycles. The molecule has 0 atom stereocenters. The van der Waals surface area contributed by atoms with Gasteiger partial charge in [0.1, 0.15) is 0 Å². The highest BCUT2D eigenvalue weighted by atomic mass is 14.5. The van der Waals surface area contributed by atoms with Gasteiger partial charge < -0.3 is 17.2 Å². The summed E-state index contributed by atoms with van der Waals surface area (Å²) in [7, 11) is 0. The summed E-state index contributed by atoms with van der Waals surface area (Å²) < 4.78 is 0. The average molecular weight is 538 g/mol. The first kappa shape index (κ1) is 37.7. The third-order valence-electron chi connectivity index (χ3n) is 5.48. The summed E-state index contributed by atoms with van der Waals surface area (Å²) in [6.07, 6.45) is 11.6. The molecule has 0 spiro atoms. The smallest absolute Gasteiger partial charge is 0.0314 e. The van der Waals surface area contributed by atoms with E-state index in [0.29, 0.717) is 0 Å². The van der Waals surface area contributed by atoms with Crippen molar-refractivity contribution >= 4 is 22.6 Å². The van der Waals surface area contributed by atoms with Crippen molar-refractivity contribution in [1.82, 2.24) is 0 Å². The van der Waals surface area contributed by atoms with Gasteiger partial charge >= 0.3 is 0 Å². The molecule has 0 aliphatic carbocycles. The number of nitrogen functional groups attached to an aromatic ring is 3. The maximum atomic E-state index is 5.56. The molecular weight excluding hydrogens is 486 g/mol. The number of hydrogen-bond acceptors (Lipinski definition) is 3. The molecule has 3 nitrogen and oxygen atoms in total. The number of aryl methyl sites for hydroxylation is 2. The van der Waals surface area contributed by atoms with E-state index in [0.717, 1.165) is 28.2 Å². The van der Waals surface area contributed by atoms with Crippen LogP contribution in [0.25, 0.3) is 5.57 Å². The van der Waals surface area contributed by atoms with E-state index >= 15 is 0 Å². The fraction of sp³-hybridized carbons (Fsp3) is 0.189. The molecule has 3 rings (SSSR count). The third kappa shape index (κ3) is 20.5. The Balaban J connectivity index is 0. The molecule has 0 aliphatic rings. The second-order valence-electron chi connectivity index (χ2n) is 8.87. The lowest BCUT2D eigenvalue weighted by Gasteiger charge is -2.01. The zero-order valence-electron chi connectivity index (χ0n) is 25.7. The van der Waals surface area contributed by atoms with Gasteiger partial charge in [0, 0.05) is 17.1 Å². The molecule has 6 N–H and O–H groups in total. The summed E-state index contributed by atoms with van der Waals surface area (Å²) in [5.74, 6) is 0. The summed E-state index contributed by atoms with van der Waals surface area (Å²) in [5.41, 5.74) is 26.1. The largest absolute Gasteiger partial charge is 0.399 e. The minimum absolute atomic E-state index is 0.790. The maximum Gasteiger partial charge on any atom is 0.0314 e. The highest BCUT2D eigenvalue weighted by molar-refractivity contribution is 5.73. The van der Waals surface area contributed by atoms with E-state index in [-0.39, 0.29) is 0 Å². The van der Waals surface area contributed by atoms with Gasteiger partial charge in [0.25, 0.3) is 0 Å². The van der Waals surface area contributed by atoms with Crippen molar-refractivity contribution in [1.29, 1.82) is 0 Å². The summed E-state index contributed by atoms with van der Waals surface area (Å²) in [5, 5.41) is 0. The average Bonchev–Trinajstić information content (AvgIpc) is 2.98. The topological polar surface area (TPSA) is 78.1 Å². The lowest BCUT2D eigenvalue weighted by molar-refractivity contribution is 1.47. The molecule has 0 saturated carbocycles. The Morgan fingerprint density at radius 3 is 0.975 bits per heavy atom. The Morgan fingerprint density at radius 1 is 0.500 bits per heavy atom. The van der Waals surface area contributed by atoms with Crippen molar-refractivity contribution in [3.05, 3.63) is 157 Å². The molecular formula is C37H51N3. The fourth-order valence-electron chi connectivity index (χ4n) is 2.45. The SMILES string of the molecule is C=C/C(=C\C)c1ccc(N)cc1.C=C/C(C)=C\C.C=C/C(C)=C\C.Cc1ccc(N)cc1.Cc1ccc(N)cc1. The summed E-state index contributed by atoms with van der Waals surface area (Å²) in [4.78, 5) is 0. The summed E-state index contributed by atoms with van der Waals surface area (Å²) in [6, 6.07) is 23.3. The van der Waals surface area contributed by atoms with Crippen molar-refractivity contribution in [2.45, 2.75) is 48.5 Å². The van der Waals surface area contributed by atoms with E-state index in [4.69, 9.17) is 17.2 Å². The molecule has 214 valence electrons. The minimum Gasteiger partial charge on any atom is -0.399 e. The Hall–Kier alpha value is -4.50. The molecule has 0 bridgehead atoms. The Bertz CT molecular complexity index is 1080. The molecule has 0 unspecified atom stereocenters. The van der Waals surface area contributed by atoms with Crippen LogP contribution in [0.3, 0.4) is 0 Å². The maximum absolute atomic E-state index is 5.56. The van der Waals surface area contributed by atoms with Crippen LogP contribution in [0.1, 0.15) is 51.3 Å². The van der Waals surface area contributed by atoms with E-state index in [1.54, 1.807) is 0 Å². The van der Waals surface area contributed by atoms with Crippen LogP contribution in [0.15, 0.2) is 140 Å². The van der Waals surface area contributed by atoms with Crippen LogP contribution in [0, 0.1) is 13.8 Å². The predicted molar refractivity (Wildman–Crippen MR) is 185 cm³/mol. The quantitative estimate of drug-likeness (QED) is 0.229. The molecule has 0 fully saturated rings. The number of benzene rings is 3. The van der Waals surface area contributed by atoms with Crippen LogP contribution < -0.4 is 17.2 Å². The second-order valence-corrected chi connectivity index (χ2v) is 8.87. The van der Waals surface area contributed by atoms with Gasteiger partial charge in [-0.3, -0.25) is 0 Å². The molecule has 0 saturated heterocycles. The Morgan fingerprint density at radius 2 is 0.800 bits per heavy atom. The van der Waals surface area contributed by atoms with E-state index in [9.17, 15) is 0 Å². The highest BCUT2D eigenvalue weighted by Gasteiger charge is 1.94. The number of rotatable bonds is 4. The van der Waals surface area contributed by atoms with Crippen LogP contribution in [0.2, 0.25) is 0 Å². The molecule has 0 amide bonds. The van der Waals surface area contributed by atoms with Crippen LogP contribution in [-0.2, 0) is 0 Å². The molecule has 3 heteroatoms. The van der Waals surface area contributed by atoms with E-state index in [1.165, 1.54) is 22.3 Å². The van der Waals surface area contributed by atoms with Gasteiger partial charge in [-0.05, 0) is 96.0 Å². The first-order valence-electron chi connectivity index (χ1n) is 13.3. The molecule has 0 radical (unpaired) electrons. The van der Waals surface area contributed by atoms with E-state index < -0.39 is 0 Å². The van der Waals surface area contributed by atoms with Crippen LogP contribution in [0.4, 0.5) is 17.1 Å². The number of allylic oxidation sites excluding steroid dienone is 9. The predicted octanol–water partition coefficient (Wildman–Crippen LogP) is 10.3. The summed E-state index contributed by atoms with van der Waals surface area (Å²) >= 11 is 0.